The molecule has 0 aliphatic carbocycles. The maximum absolute atomic E-state index is 10.8. The number of imidazole rings is 1. The van der Waals surface area contributed by atoms with E-state index in [0.29, 0.717) is 0 Å². The molecule has 1 N–H and O–H groups in total. The summed E-state index contributed by atoms with van der Waals surface area (Å²) in [7, 11) is 0. The smallest absolute Gasteiger partial charge is 0.269 e. The number of anilines is 1. The molecule has 2 aromatic rings. The molecule has 3 rings (SSSR count). The Labute approximate surface area is 103 Å². The number of hydrogen-bond acceptors (Lipinski definition) is 4. The van der Waals surface area contributed by atoms with Crippen molar-refractivity contribution < 1.29 is 4.92 Å². The summed E-state index contributed by atoms with van der Waals surface area (Å²) >= 11 is 0. The van der Waals surface area contributed by atoms with Gasteiger partial charge < -0.3 is 9.88 Å². The second-order valence-corrected chi connectivity index (χ2v) is 3.99. The van der Waals surface area contributed by atoms with Crippen LogP contribution < -0.4 is 5.32 Å². The topological polar surface area (TPSA) is 73.0 Å². The molecule has 6 nitrogen and oxygen atoms in total. The average molecular weight is 242 g/mol. The number of benzene rings is 1. The van der Waals surface area contributed by atoms with Crippen molar-refractivity contribution in [3.05, 3.63) is 64.7 Å². The van der Waals surface area contributed by atoms with Crippen molar-refractivity contribution in [2.45, 2.75) is 6.04 Å². The van der Waals surface area contributed by atoms with Gasteiger partial charge in [0, 0.05) is 18.3 Å². The molecule has 1 unspecified atom stereocenters. The lowest BCUT2D eigenvalue weighted by Gasteiger charge is -2.21. The zero-order chi connectivity index (χ0) is 12.5. The van der Waals surface area contributed by atoms with Gasteiger partial charge in [0.25, 0.3) is 5.69 Å². The third-order valence-electron chi connectivity index (χ3n) is 2.90. The maximum Gasteiger partial charge on any atom is 0.269 e. The van der Waals surface area contributed by atoms with Gasteiger partial charge >= 0.3 is 0 Å². The summed E-state index contributed by atoms with van der Waals surface area (Å²) in [6.07, 6.45) is 7.18. The minimum absolute atomic E-state index is 0.0661. The third kappa shape index (κ3) is 1.64. The molecule has 0 saturated carbocycles. The normalized spacial score (nSPS) is 17.0. The van der Waals surface area contributed by atoms with Crippen molar-refractivity contribution in [2.75, 3.05) is 5.32 Å². The SMILES string of the molecule is O=[N+]([O-])c1cccc(C2C=CNc3cncn32)c1. The van der Waals surface area contributed by atoms with E-state index in [1.54, 1.807) is 24.7 Å². The molecule has 2 heterocycles. The predicted molar refractivity (Wildman–Crippen MR) is 66.2 cm³/mol. The van der Waals surface area contributed by atoms with Crippen molar-refractivity contribution in [1.29, 1.82) is 0 Å². The lowest BCUT2D eigenvalue weighted by atomic mass is 10.1. The fourth-order valence-corrected chi connectivity index (χ4v) is 2.05. The first-order valence-electron chi connectivity index (χ1n) is 5.45. The Morgan fingerprint density at radius 1 is 1.44 bits per heavy atom. The monoisotopic (exact) mass is 242 g/mol. The molecular weight excluding hydrogens is 232 g/mol. The van der Waals surface area contributed by atoms with E-state index >= 15 is 0 Å². The Morgan fingerprint density at radius 3 is 3.17 bits per heavy atom. The van der Waals surface area contributed by atoms with Crippen molar-refractivity contribution in [1.82, 2.24) is 9.55 Å². The van der Waals surface area contributed by atoms with Crippen LogP contribution >= 0.6 is 0 Å². The number of non-ortho nitro benzene ring substituents is 1. The number of allylic oxidation sites excluding steroid dienone is 1. The summed E-state index contributed by atoms with van der Waals surface area (Å²) in [5.41, 5.74) is 0.960. The van der Waals surface area contributed by atoms with Crippen LogP contribution in [0.25, 0.3) is 0 Å². The number of nitrogens with one attached hydrogen (secondary N) is 1. The van der Waals surface area contributed by atoms with Gasteiger partial charge in [0.05, 0.1) is 23.5 Å². The first kappa shape index (κ1) is 10.5. The van der Waals surface area contributed by atoms with E-state index in [-0.39, 0.29) is 16.7 Å². The molecule has 1 aliphatic heterocycles. The molecule has 0 bridgehead atoms. The van der Waals surface area contributed by atoms with Gasteiger partial charge in [-0.2, -0.15) is 0 Å². The fraction of sp³-hybridized carbons (Fsp3) is 0.0833. The van der Waals surface area contributed by atoms with E-state index < -0.39 is 0 Å². The van der Waals surface area contributed by atoms with Gasteiger partial charge in [0.2, 0.25) is 0 Å². The molecule has 0 radical (unpaired) electrons. The highest BCUT2D eigenvalue weighted by molar-refractivity contribution is 5.45. The quantitative estimate of drug-likeness (QED) is 0.647. The van der Waals surface area contributed by atoms with Crippen LogP contribution in [0.2, 0.25) is 0 Å². The van der Waals surface area contributed by atoms with Crippen LogP contribution in [-0.4, -0.2) is 14.5 Å². The Bertz CT molecular complexity index is 633. The minimum atomic E-state index is -0.386. The largest absolute Gasteiger partial charge is 0.347 e. The molecule has 1 aromatic heterocycles. The van der Waals surface area contributed by atoms with E-state index in [1.165, 1.54) is 6.07 Å². The Morgan fingerprint density at radius 2 is 2.33 bits per heavy atom. The molecule has 0 amide bonds. The van der Waals surface area contributed by atoms with E-state index in [9.17, 15) is 10.1 Å². The zero-order valence-corrected chi connectivity index (χ0v) is 9.35. The summed E-state index contributed by atoms with van der Waals surface area (Å²) in [6.45, 7) is 0. The average Bonchev–Trinajstić information content (AvgIpc) is 2.87. The van der Waals surface area contributed by atoms with Gasteiger partial charge in [-0.15, -0.1) is 0 Å². The summed E-state index contributed by atoms with van der Waals surface area (Å²) in [5, 5.41) is 13.9. The maximum atomic E-state index is 10.8. The second kappa shape index (κ2) is 3.99. The molecule has 0 fully saturated rings. The molecule has 1 aliphatic rings. The fourth-order valence-electron chi connectivity index (χ4n) is 2.05. The van der Waals surface area contributed by atoms with E-state index in [2.05, 4.69) is 10.3 Å². The van der Waals surface area contributed by atoms with Crippen LogP contribution in [-0.2, 0) is 0 Å². The second-order valence-electron chi connectivity index (χ2n) is 3.99. The zero-order valence-electron chi connectivity index (χ0n) is 9.35. The Kier molecular flexibility index (Phi) is 2.33. The lowest BCUT2D eigenvalue weighted by molar-refractivity contribution is -0.384. The van der Waals surface area contributed by atoms with Gasteiger partial charge in [-0.3, -0.25) is 10.1 Å². The van der Waals surface area contributed by atoms with Gasteiger partial charge in [-0.1, -0.05) is 12.1 Å². The highest BCUT2D eigenvalue weighted by Gasteiger charge is 2.18. The van der Waals surface area contributed by atoms with Crippen molar-refractivity contribution >= 4 is 11.5 Å². The Hall–Kier alpha value is -2.63. The third-order valence-corrected chi connectivity index (χ3v) is 2.90. The first-order chi connectivity index (χ1) is 8.75. The number of rotatable bonds is 2. The summed E-state index contributed by atoms with van der Waals surface area (Å²) in [6, 6.07) is 6.58. The number of nitro groups is 1. The van der Waals surface area contributed by atoms with Crippen LogP contribution in [0.5, 0.6) is 0 Å². The van der Waals surface area contributed by atoms with Crippen molar-refractivity contribution in [3.63, 3.8) is 0 Å². The summed E-state index contributed by atoms with van der Waals surface area (Å²) in [4.78, 5) is 14.5. The molecule has 90 valence electrons. The summed E-state index contributed by atoms with van der Waals surface area (Å²) < 4.78 is 1.93. The first-order valence-corrected chi connectivity index (χ1v) is 5.45. The molecular formula is C12H10N4O2. The van der Waals surface area contributed by atoms with Gasteiger partial charge in [-0.05, 0) is 11.6 Å². The van der Waals surface area contributed by atoms with Crippen LogP contribution in [0.4, 0.5) is 11.5 Å². The predicted octanol–water partition coefficient (Wildman–Crippen LogP) is 2.32. The molecule has 6 heteroatoms. The molecule has 0 spiro atoms. The highest BCUT2D eigenvalue weighted by atomic mass is 16.6. The van der Waals surface area contributed by atoms with Gasteiger partial charge in [0.15, 0.2) is 0 Å². The van der Waals surface area contributed by atoms with Gasteiger partial charge in [0.1, 0.15) is 5.82 Å². The van der Waals surface area contributed by atoms with Crippen molar-refractivity contribution in [3.8, 4) is 0 Å². The number of aromatic nitrogens is 2. The highest BCUT2D eigenvalue weighted by Crippen LogP contribution is 2.28. The van der Waals surface area contributed by atoms with Crippen LogP contribution in [0, 0.1) is 10.1 Å². The number of nitrogens with zero attached hydrogens (tertiary/aromatic N) is 3. The Balaban J connectivity index is 2.05. The molecule has 1 aromatic carbocycles. The number of nitro benzene ring substituents is 1. The minimum Gasteiger partial charge on any atom is -0.347 e. The standard InChI is InChI=1S/C12H10N4O2/c17-16(18)10-3-1-2-9(6-10)11-4-5-14-12-7-13-8-15(11)12/h1-8,11,14H. The van der Waals surface area contributed by atoms with Crippen LogP contribution in [0.1, 0.15) is 11.6 Å². The van der Waals surface area contributed by atoms with E-state index in [0.717, 1.165) is 11.4 Å². The summed E-state index contributed by atoms with van der Waals surface area (Å²) in [5.74, 6) is 0.869. The van der Waals surface area contributed by atoms with Gasteiger partial charge in [-0.25, -0.2) is 4.98 Å². The number of hydrogen-bond donors (Lipinski definition) is 1. The van der Waals surface area contributed by atoms with Crippen LogP contribution in [0.15, 0.2) is 49.1 Å². The number of fused-ring (bicyclic) bond motifs is 1. The lowest BCUT2D eigenvalue weighted by Crippen LogP contribution is -2.14. The van der Waals surface area contributed by atoms with Crippen molar-refractivity contribution in [2.24, 2.45) is 0 Å². The van der Waals surface area contributed by atoms with Crippen LogP contribution in [0.3, 0.4) is 0 Å². The molecule has 1 atom stereocenters. The van der Waals surface area contributed by atoms with E-state index in [1.807, 2.05) is 22.9 Å². The van der Waals surface area contributed by atoms with E-state index in [4.69, 9.17) is 0 Å². The molecule has 0 saturated heterocycles. The molecule has 18 heavy (non-hydrogen) atoms.